The molecule has 0 spiro atoms. The summed E-state index contributed by atoms with van der Waals surface area (Å²) in [6.45, 7) is 1.50. The molecular formula is C23H19N3O2. The first-order chi connectivity index (χ1) is 13.8. The number of aldehydes is 1. The number of nitriles is 1. The monoisotopic (exact) mass is 369 g/mol. The van der Waals surface area contributed by atoms with Crippen LogP contribution in [0.15, 0.2) is 66.9 Å². The summed E-state index contributed by atoms with van der Waals surface area (Å²) in [5, 5.41) is 8.85. The van der Waals surface area contributed by atoms with Crippen LogP contribution in [0.3, 0.4) is 0 Å². The van der Waals surface area contributed by atoms with Crippen LogP contribution < -0.4 is 9.64 Å². The van der Waals surface area contributed by atoms with Crippen LogP contribution >= 0.6 is 0 Å². The van der Waals surface area contributed by atoms with Crippen LogP contribution in [-0.4, -0.2) is 30.5 Å². The van der Waals surface area contributed by atoms with Crippen molar-refractivity contribution in [2.75, 3.05) is 18.0 Å². The Kier molecular flexibility index (Phi) is 5.03. The summed E-state index contributed by atoms with van der Waals surface area (Å²) in [5.41, 5.74) is 4.23. The maximum absolute atomic E-state index is 11.7. The zero-order chi connectivity index (χ0) is 19.3. The van der Waals surface area contributed by atoms with Crippen molar-refractivity contribution in [1.29, 1.82) is 5.26 Å². The molecule has 138 valence electrons. The van der Waals surface area contributed by atoms with E-state index in [-0.39, 0.29) is 6.10 Å². The zero-order valence-corrected chi connectivity index (χ0v) is 15.3. The Labute approximate surface area is 163 Å². The summed E-state index contributed by atoms with van der Waals surface area (Å²) < 4.78 is 5.94. The maximum Gasteiger partial charge on any atom is 0.213 e. The first kappa shape index (κ1) is 17.7. The van der Waals surface area contributed by atoms with Gasteiger partial charge in [-0.3, -0.25) is 4.79 Å². The Balaban J connectivity index is 1.48. The molecule has 1 aliphatic heterocycles. The predicted molar refractivity (Wildman–Crippen MR) is 107 cm³/mol. The van der Waals surface area contributed by atoms with Crippen LogP contribution in [0.2, 0.25) is 0 Å². The minimum absolute atomic E-state index is 0.00580. The van der Waals surface area contributed by atoms with Crippen LogP contribution in [0, 0.1) is 11.3 Å². The molecule has 0 saturated carbocycles. The number of pyridine rings is 1. The SMILES string of the molecule is N#Cc1ccc(O[C@H]2CCN(c3ccc(-c4ccccc4)cc3C=O)C2)nc1. The molecular weight excluding hydrogens is 350 g/mol. The lowest BCUT2D eigenvalue weighted by Gasteiger charge is -2.21. The highest BCUT2D eigenvalue weighted by atomic mass is 16.5. The van der Waals surface area contributed by atoms with Crippen molar-refractivity contribution in [2.24, 2.45) is 0 Å². The third kappa shape index (κ3) is 3.72. The van der Waals surface area contributed by atoms with Gasteiger partial charge in [-0.25, -0.2) is 4.98 Å². The number of aromatic nitrogens is 1. The number of carbonyl (C=O) groups is 1. The molecule has 4 rings (SSSR count). The molecule has 0 radical (unpaired) electrons. The van der Waals surface area contributed by atoms with Crippen molar-refractivity contribution < 1.29 is 9.53 Å². The largest absolute Gasteiger partial charge is 0.472 e. The second kappa shape index (κ2) is 7.93. The third-order valence-electron chi connectivity index (χ3n) is 4.90. The van der Waals surface area contributed by atoms with Crippen molar-refractivity contribution in [3.8, 4) is 23.1 Å². The molecule has 1 saturated heterocycles. The maximum atomic E-state index is 11.7. The van der Waals surface area contributed by atoms with Gasteiger partial charge in [-0.1, -0.05) is 36.4 Å². The molecule has 1 atom stereocenters. The van der Waals surface area contributed by atoms with Crippen LogP contribution in [0.4, 0.5) is 5.69 Å². The predicted octanol–water partition coefficient (Wildman–Crippen LogP) is 4.09. The molecule has 3 aromatic rings. The van der Waals surface area contributed by atoms with E-state index in [1.54, 1.807) is 12.1 Å². The Morgan fingerprint density at radius 3 is 2.68 bits per heavy atom. The number of hydrogen-bond acceptors (Lipinski definition) is 5. The number of rotatable bonds is 5. The molecule has 0 aliphatic carbocycles. The fourth-order valence-electron chi connectivity index (χ4n) is 3.48. The standard InChI is InChI=1S/C23H19N3O2/c24-13-17-6-9-23(25-14-17)28-21-10-11-26(15-21)22-8-7-19(12-20(22)16-27)18-4-2-1-3-5-18/h1-9,12,14,16,21H,10-11,15H2/t21-/m0/s1. The van der Waals surface area contributed by atoms with Gasteiger partial charge < -0.3 is 9.64 Å². The molecule has 28 heavy (non-hydrogen) atoms. The van der Waals surface area contributed by atoms with Crippen LogP contribution in [0.5, 0.6) is 5.88 Å². The minimum atomic E-state index is -0.00580. The van der Waals surface area contributed by atoms with Gasteiger partial charge in [0.25, 0.3) is 0 Å². The van der Waals surface area contributed by atoms with Gasteiger partial charge in [-0.2, -0.15) is 5.26 Å². The lowest BCUT2D eigenvalue weighted by molar-refractivity contribution is 0.112. The van der Waals surface area contributed by atoms with Crippen molar-refractivity contribution in [2.45, 2.75) is 12.5 Å². The molecule has 0 amide bonds. The zero-order valence-electron chi connectivity index (χ0n) is 15.3. The first-order valence-corrected chi connectivity index (χ1v) is 9.19. The lowest BCUT2D eigenvalue weighted by Crippen LogP contribution is -2.25. The van der Waals surface area contributed by atoms with Crippen LogP contribution in [-0.2, 0) is 0 Å². The molecule has 2 aromatic carbocycles. The number of nitrogens with zero attached hydrogens (tertiary/aromatic N) is 3. The summed E-state index contributed by atoms with van der Waals surface area (Å²) in [5.74, 6) is 0.515. The van der Waals surface area contributed by atoms with E-state index in [9.17, 15) is 4.79 Å². The molecule has 5 nitrogen and oxygen atoms in total. The molecule has 0 N–H and O–H groups in total. The topological polar surface area (TPSA) is 66.2 Å². The smallest absolute Gasteiger partial charge is 0.213 e. The summed E-state index contributed by atoms with van der Waals surface area (Å²) >= 11 is 0. The number of carbonyl (C=O) groups excluding carboxylic acids is 1. The number of anilines is 1. The average Bonchev–Trinajstić information content (AvgIpc) is 3.22. The molecule has 0 bridgehead atoms. The second-order valence-corrected chi connectivity index (χ2v) is 6.73. The summed E-state index contributed by atoms with van der Waals surface area (Å²) in [6.07, 6.45) is 3.27. The Bertz CT molecular complexity index is 1010. The Hall–Kier alpha value is -3.65. The van der Waals surface area contributed by atoms with Gasteiger partial charge in [0.2, 0.25) is 5.88 Å². The van der Waals surface area contributed by atoms with E-state index in [4.69, 9.17) is 10.00 Å². The average molecular weight is 369 g/mol. The van der Waals surface area contributed by atoms with E-state index < -0.39 is 0 Å². The summed E-state index contributed by atoms with van der Waals surface area (Å²) in [7, 11) is 0. The highest BCUT2D eigenvalue weighted by Crippen LogP contribution is 2.29. The van der Waals surface area contributed by atoms with Crippen LogP contribution in [0.1, 0.15) is 22.3 Å². The Morgan fingerprint density at radius 1 is 1.11 bits per heavy atom. The van der Waals surface area contributed by atoms with E-state index in [0.717, 1.165) is 36.1 Å². The van der Waals surface area contributed by atoms with Crippen LogP contribution in [0.25, 0.3) is 11.1 Å². The highest BCUT2D eigenvalue weighted by molar-refractivity contribution is 5.87. The van der Waals surface area contributed by atoms with Crippen molar-refractivity contribution in [3.05, 3.63) is 78.0 Å². The Morgan fingerprint density at radius 2 is 1.96 bits per heavy atom. The quantitative estimate of drug-likeness (QED) is 0.634. The van der Waals surface area contributed by atoms with Gasteiger partial charge >= 0.3 is 0 Å². The highest BCUT2D eigenvalue weighted by Gasteiger charge is 2.26. The van der Waals surface area contributed by atoms with E-state index >= 15 is 0 Å². The van der Waals surface area contributed by atoms with Gasteiger partial charge in [-0.05, 0) is 29.3 Å². The number of ether oxygens (including phenoxy) is 1. The molecule has 0 unspecified atom stereocenters. The van der Waals surface area contributed by atoms with Gasteiger partial charge in [0.05, 0.1) is 12.1 Å². The number of benzene rings is 2. The van der Waals surface area contributed by atoms with E-state index in [0.29, 0.717) is 23.6 Å². The van der Waals surface area contributed by atoms with Gasteiger partial charge in [0, 0.05) is 36.5 Å². The fraction of sp³-hybridized carbons (Fsp3) is 0.174. The lowest BCUT2D eigenvalue weighted by atomic mass is 10.0. The van der Waals surface area contributed by atoms with Gasteiger partial charge in [0.1, 0.15) is 12.2 Å². The normalized spacial score (nSPS) is 15.8. The fourth-order valence-corrected chi connectivity index (χ4v) is 3.48. The summed E-state index contributed by atoms with van der Waals surface area (Å²) in [4.78, 5) is 18.0. The van der Waals surface area contributed by atoms with Crippen molar-refractivity contribution in [3.63, 3.8) is 0 Å². The van der Waals surface area contributed by atoms with E-state index in [1.807, 2.05) is 54.6 Å². The molecule has 1 aliphatic rings. The third-order valence-corrected chi connectivity index (χ3v) is 4.90. The minimum Gasteiger partial charge on any atom is -0.472 e. The van der Waals surface area contributed by atoms with Gasteiger partial charge in [0.15, 0.2) is 6.29 Å². The molecule has 1 fully saturated rings. The molecule has 1 aromatic heterocycles. The number of hydrogen-bond donors (Lipinski definition) is 0. The van der Waals surface area contributed by atoms with Gasteiger partial charge in [-0.15, -0.1) is 0 Å². The second-order valence-electron chi connectivity index (χ2n) is 6.73. The molecule has 2 heterocycles. The molecule has 5 heteroatoms. The van der Waals surface area contributed by atoms with Crippen molar-refractivity contribution >= 4 is 12.0 Å². The summed E-state index contributed by atoms with van der Waals surface area (Å²) in [6, 6.07) is 21.5. The van der Waals surface area contributed by atoms with E-state index in [1.165, 1.54) is 6.20 Å². The first-order valence-electron chi connectivity index (χ1n) is 9.19. The van der Waals surface area contributed by atoms with Crippen molar-refractivity contribution in [1.82, 2.24) is 4.98 Å². The van der Waals surface area contributed by atoms with E-state index in [2.05, 4.69) is 9.88 Å².